The summed E-state index contributed by atoms with van der Waals surface area (Å²) >= 11 is 0. The van der Waals surface area contributed by atoms with Gasteiger partial charge in [-0.25, -0.2) is 4.79 Å². The Labute approximate surface area is 165 Å². The van der Waals surface area contributed by atoms with Gasteiger partial charge >= 0.3 is 6.09 Å². The fourth-order valence-corrected chi connectivity index (χ4v) is 2.66. The van der Waals surface area contributed by atoms with Gasteiger partial charge in [-0.15, -0.1) is 0 Å². The molecule has 3 aromatic rings. The van der Waals surface area contributed by atoms with E-state index in [-0.39, 0.29) is 0 Å². The summed E-state index contributed by atoms with van der Waals surface area (Å²) in [6.07, 6.45) is 3.14. The van der Waals surface area contributed by atoms with Crippen molar-refractivity contribution in [2.75, 3.05) is 10.6 Å². The van der Waals surface area contributed by atoms with Crippen molar-refractivity contribution in [3.8, 4) is 11.1 Å². The molecule has 0 aliphatic heterocycles. The van der Waals surface area contributed by atoms with Crippen molar-refractivity contribution < 1.29 is 9.53 Å². The number of benzene rings is 2. The second kappa shape index (κ2) is 8.57. The standard InChI is InChI=1S/C23H25N3O2/c1-23(2,3)28-22(27)26-21-10-8-20(9-11-21)25-16-17-4-6-18(7-5-17)19-12-14-24-15-13-19/h4-15,25H,16H2,1-3H3,(H,26,27). The predicted molar refractivity (Wildman–Crippen MR) is 113 cm³/mol. The molecule has 0 aliphatic rings. The van der Waals surface area contributed by atoms with Gasteiger partial charge in [-0.05, 0) is 73.9 Å². The lowest BCUT2D eigenvalue weighted by Gasteiger charge is -2.19. The summed E-state index contributed by atoms with van der Waals surface area (Å²) in [5.74, 6) is 0. The molecule has 1 heterocycles. The molecule has 0 spiro atoms. The third-order valence-corrected chi connectivity index (χ3v) is 3.99. The van der Waals surface area contributed by atoms with Crippen molar-refractivity contribution in [3.05, 3.63) is 78.6 Å². The van der Waals surface area contributed by atoms with Crippen molar-refractivity contribution >= 4 is 17.5 Å². The molecule has 1 amide bonds. The molecule has 144 valence electrons. The highest BCUT2D eigenvalue weighted by Crippen LogP contribution is 2.20. The number of nitrogens with one attached hydrogen (secondary N) is 2. The fourth-order valence-electron chi connectivity index (χ4n) is 2.66. The molecule has 5 nitrogen and oxygen atoms in total. The van der Waals surface area contributed by atoms with Gasteiger partial charge in [0.2, 0.25) is 0 Å². The minimum atomic E-state index is -0.515. The van der Waals surface area contributed by atoms with Crippen LogP contribution in [0.1, 0.15) is 26.3 Å². The van der Waals surface area contributed by atoms with E-state index in [0.29, 0.717) is 5.69 Å². The van der Waals surface area contributed by atoms with Gasteiger partial charge in [-0.2, -0.15) is 0 Å². The van der Waals surface area contributed by atoms with E-state index in [9.17, 15) is 4.79 Å². The molecule has 2 aromatic carbocycles. The predicted octanol–water partition coefficient (Wildman–Crippen LogP) is 5.71. The fraction of sp³-hybridized carbons (Fsp3) is 0.217. The van der Waals surface area contributed by atoms with Gasteiger partial charge in [0.25, 0.3) is 0 Å². The smallest absolute Gasteiger partial charge is 0.412 e. The van der Waals surface area contributed by atoms with Gasteiger partial charge in [0.1, 0.15) is 5.60 Å². The average molecular weight is 375 g/mol. The largest absolute Gasteiger partial charge is 0.444 e. The molecule has 0 bridgehead atoms. The number of hydrogen-bond donors (Lipinski definition) is 2. The van der Waals surface area contributed by atoms with Crippen molar-refractivity contribution in [1.82, 2.24) is 4.98 Å². The summed E-state index contributed by atoms with van der Waals surface area (Å²) in [6, 6.07) is 20.0. The Balaban J connectivity index is 1.53. The maximum atomic E-state index is 11.8. The number of carbonyl (C=O) groups is 1. The van der Waals surface area contributed by atoms with Gasteiger partial charge in [0.05, 0.1) is 0 Å². The number of hydrogen-bond acceptors (Lipinski definition) is 4. The summed E-state index contributed by atoms with van der Waals surface area (Å²) in [6.45, 7) is 6.23. The summed E-state index contributed by atoms with van der Waals surface area (Å²) in [7, 11) is 0. The second-order valence-corrected chi connectivity index (χ2v) is 7.49. The Kier molecular flexibility index (Phi) is 5.94. The van der Waals surface area contributed by atoms with E-state index in [4.69, 9.17) is 4.74 Å². The van der Waals surface area contributed by atoms with Gasteiger partial charge < -0.3 is 10.1 Å². The van der Waals surface area contributed by atoms with E-state index in [2.05, 4.69) is 39.9 Å². The van der Waals surface area contributed by atoms with Crippen LogP contribution in [0.15, 0.2) is 73.1 Å². The molecule has 0 unspecified atom stereocenters. The van der Waals surface area contributed by atoms with Crippen molar-refractivity contribution in [3.63, 3.8) is 0 Å². The highest BCUT2D eigenvalue weighted by Gasteiger charge is 2.16. The summed E-state index contributed by atoms with van der Waals surface area (Å²) in [5, 5.41) is 6.11. The van der Waals surface area contributed by atoms with Crippen LogP contribution in [0.5, 0.6) is 0 Å². The van der Waals surface area contributed by atoms with E-state index in [1.54, 1.807) is 12.4 Å². The van der Waals surface area contributed by atoms with Crippen LogP contribution in [0.3, 0.4) is 0 Å². The molecule has 3 rings (SSSR count). The number of carbonyl (C=O) groups excluding carboxylic acids is 1. The van der Waals surface area contributed by atoms with Crippen molar-refractivity contribution in [2.45, 2.75) is 32.9 Å². The van der Waals surface area contributed by atoms with Crippen LogP contribution in [0.4, 0.5) is 16.2 Å². The van der Waals surface area contributed by atoms with Crippen LogP contribution in [0.2, 0.25) is 0 Å². The Morgan fingerprint density at radius 3 is 2.04 bits per heavy atom. The number of ether oxygens (including phenoxy) is 1. The monoisotopic (exact) mass is 375 g/mol. The zero-order valence-electron chi connectivity index (χ0n) is 16.4. The molecule has 0 aliphatic carbocycles. The molecule has 2 N–H and O–H groups in total. The minimum Gasteiger partial charge on any atom is -0.444 e. The topological polar surface area (TPSA) is 63.2 Å². The van der Waals surface area contributed by atoms with Gasteiger partial charge in [-0.1, -0.05) is 24.3 Å². The zero-order chi connectivity index (χ0) is 20.0. The first-order valence-electron chi connectivity index (χ1n) is 9.22. The quantitative estimate of drug-likeness (QED) is 0.600. The highest BCUT2D eigenvalue weighted by atomic mass is 16.6. The van der Waals surface area contributed by atoms with E-state index in [1.807, 2.05) is 57.2 Å². The number of nitrogens with zero attached hydrogens (tertiary/aromatic N) is 1. The van der Waals surface area contributed by atoms with E-state index >= 15 is 0 Å². The maximum absolute atomic E-state index is 11.8. The van der Waals surface area contributed by atoms with E-state index in [0.717, 1.165) is 17.8 Å². The third-order valence-electron chi connectivity index (χ3n) is 3.99. The molecule has 0 saturated carbocycles. The van der Waals surface area contributed by atoms with Gasteiger partial charge in [0.15, 0.2) is 0 Å². The first-order chi connectivity index (χ1) is 13.4. The second-order valence-electron chi connectivity index (χ2n) is 7.49. The molecule has 5 heteroatoms. The highest BCUT2D eigenvalue weighted by molar-refractivity contribution is 5.85. The lowest BCUT2D eigenvalue weighted by Crippen LogP contribution is -2.27. The van der Waals surface area contributed by atoms with Crippen molar-refractivity contribution in [1.29, 1.82) is 0 Å². The van der Waals surface area contributed by atoms with Crippen LogP contribution in [0.25, 0.3) is 11.1 Å². The van der Waals surface area contributed by atoms with Gasteiger partial charge in [-0.3, -0.25) is 10.3 Å². The number of anilines is 2. The first kappa shape index (κ1) is 19.4. The molecule has 0 radical (unpaired) electrons. The first-order valence-corrected chi connectivity index (χ1v) is 9.22. The molecule has 28 heavy (non-hydrogen) atoms. The van der Waals surface area contributed by atoms with Crippen LogP contribution >= 0.6 is 0 Å². The zero-order valence-corrected chi connectivity index (χ0v) is 16.4. The van der Waals surface area contributed by atoms with Crippen molar-refractivity contribution in [2.24, 2.45) is 0 Å². The summed E-state index contributed by atoms with van der Waals surface area (Å²) in [4.78, 5) is 15.9. The summed E-state index contributed by atoms with van der Waals surface area (Å²) < 4.78 is 5.25. The number of amides is 1. The third kappa shape index (κ3) is 5.84. The molecule has 0 fully saturated rings. The molecule has 0 saturated heterocycles. The lowest BCUT2D eigenvalue weighted by atomic mass is 10.1. The Morgan fingerprint density at radius 2 is 1.43 bits per heavy atom. The Hall–Kier alpha value is -3.34. The average Bonchev–Trinajstić information content (AvgIpc) is 2.67. The molecule has 1 aromatic heterocycles. The number of pyridine rings is 1. The minimum absolute atomic E-state index is 0.456. The summed E-state index contributed by atoms with van der Waals surface area (Å²) in [5.41, 5.74) is 4.67. The van der Waals surface area contributed by atoms with Crippen LogP contribution < -0.4 is 10.6 Å². The lowest BCUT2D eigenvalue weighted by molar-refractivity contribution is 0.0636. The number of aromatic nitrogens is 1. The maximum Gasteiger partial charge on any atom is 0.412 e. The van der Waals surface area contributed by atoms with Crippen LogP contribution in [-0.2, 0) is 11.3 Å². The molecular formula is C23H25N3O2. The van der Waals surface area contributed by atoms with Gasteiger partial charge in [0, 0.05) is 30.3 Å². The molecular weight excluding hydrogens is 350 g/mol. The number of rotatable bonds is 5. The normalized spacial score (nSPS) is 11.0. The molecule has 0 atom stereocenters. The van der Waals surface area contributed by atoms with Crippen LogP contribution in [-0.4, -0.2) is 16.7 Å². The SMILES string of the molecule is CC(C)(C)OC(=O)Nc1ccc(NCc2ccc(-c3ccncc3)cc2)cc1. The van der Waals surface area contributed by atoms with Crippen LogP contribution in [0, 0.1) is 0 Å². The Morgan fingerprint density at radius 1 is 0.857 bits per heavy atom. The van der Waals surface area contributed by atoms with E-state index in [1.165, 1.54) is 11.1 Å². The Bertz CT molecular complexity index is 899. The van der Waals surface area contributed by atoms with E-state index < -0.39 is 11.7 Å².